The molecule has 0 aromatic carbocycles. The van der Waals surface area contributed by atoms with Crippen LogP contribution in [0.5, 0.6) is 0 Å². The molecule has 10 heavy (non-hydrogen) atoms. The first kappa shape index (κ1) is 5.53. The molecule has 1 aromatic rings. The SMILES string of the molecule is [CH]=CN1CCn2nccc21. The molecular formula is C7H8N3. The van der Waals surface area contributed by atoms with Gasteiger partial charge in [0.1, 0.15) is 5.82 Å². The number of rotatable bonds is 1. The summed E-state index contributed by atoms with van der Waals surface area (Å²) in [6, 6.07) is 1.95. The zero-order valence-corrected chi connectivity index (χ0v) is 5.57. The number of anilines is 1. The third-order valence-electron chi connectivity index (χ3n) is 1.72. The third-order valence-corrected chi connectivity index (χ3v) is 1.72. The van der Waals surface area contributed by atoms with Gasteiger partial charge in [0.2, 0.25) is 0 Å². The van der Waals surface area contributed by atoms with Gasteiger partial charge in [0.05, 0.1) is 12.7 Å². The Kier molecular flexibility index (Phi) is 1.03. The molecule has 0 spiro atoms. The largest absolute Gasteiger partial charge is 0.331 e. The number of nitrogens with zero attached hydrogens (tertiary/aromatic N) is 3. The smallest absolute Gasteiger partial charge is 0.130 e. The molecule has 3 heteroatoms. The topological polar surface area (TPSA) is 21.1 Å². The molecule has 0 atom stereocenters. The summed E-state index contributed by atoms with van der Waals surface area (Å²) in [7, 11) is 0. The van der Waals surface area contributed by atoms with Crippen molar-refractivity contribution >= 4 is 5.82 Å². The molecule has 3 nitrogen and oxygen atoms in total. The van der Waals surface area contributed by atoms with Crippen molar-refractivity contribution in [1.82, 2.24) is 9.78 Å². The van der Waals surface area contributed by atoms with Crippen LogP contribution in [-0.4, -0.2) is 16.3 Å². The fraction of sp³-hybridized carbons (Fsp3) is 0.286. The van der Waals surface area contributed by atoms with Gasteiger partial charge >= 0.3 is 0 Å². The van der Waals surface area contributed by atoms with Crippen molar-refractivity contribution in [3.8, 4) is 0 Å². The molecule has 0 saturated carbocycles. The van der Waals surface area contributed by atoms with E-state index in [2.05, 4.69) is 5.10 Å². The monoisotopic (exact) mass is 134 g/mol. The van der Waals surface area contributed by atoms with Gasteiger partial charge in [-0.15, -0.1) is 0 Å². The van der Waals surface area contributed by atoms with E-state index in [1.54, 1.807) is 12.4 Å². The van der Waals surface area contributed by atoms with Gasteiger partial charge in [-0.2, -0.15) is 5.10 Å². The lowest BCUT2D eigenvalue weighted by Gasteiger charge is -2.07. The van der Waals surface area contributed by atoms with Crippen LogP contribution in [0.2, 0.25) is 0 Å². The Balaban J connectivity index is 2.43. The molecule has 0 bridgehead atoms. The highest BCUT2D eigenvalue weighted by molar-refractivity contribution is 5.43. The Morgan fingerprint density at radius 1 is 1.60 bits per heavy atom. The second-order valence-electron chi connectivity index (χ2n) is 2.26. The van der Waals surface area contributed by atoms with Gasteiger partial charge in [0.15, 0.2) is 0 Å². The Bertz CT molecular complexity index is 251. The highest BCUT2D eigenvalue weighted by Gasteiger charge is 2.15. The number of fused-ring (bicyclic) bond motifs is 1. The van der Waals surface area contributed by atoms with E-state index in [-0.39, 0.29) is 0 Å². The standard InChI is InChI=1S/C7H8N3/c1-2-9-5-6-10-7(9)3-4-8-10/h1-4H,5-6H2. The van der Waals surface area contributed by atoms with Crippen LogP contribution in [0.4, 0.5) is 5.82 Å². The minimum Gasteiger partial charge on any atom is -0.331 e. The molecule has 1 radical (unpaired) electrons. The molecular weight excluding hydrogens is 126 g/mol. The lowest BCUT2D eigenvalue weighted by molar-refractivity contribution is 0.693. The molecule has 1 aliphatic rings. The van der Waals surface area contributed by atoms with E-state index in [0.717, 1.165) is 18.9 Å². The van der Waals surface area contributed by atoms with Crippen molar-refractivity contribution in [3.05, 3.63) is 25.0 Å². The maximum absolute atomic E-state index is 5.37. The van der Waals surface area contributed by atoms with E-state index in [0.29, 0.717) is 0 Å². The van der Waals surface area contributed by atoms with Gasteiger partial charge in [-0.1, -0.05) is 0 Å². The predicted octanol–water partition coefficient (Wildman–Crippen LogP) is 0.650. The zero-order valence-electron chi connectivity index (χ0n) is 5.57. The van der Waals surface area contributed by atoms with Crippen LogP contribution in [0.25, 0.3) is 0 Å². The Morgan fingerprint density at radius 2 is 2.50 bits per heavy atom. The summed E-state index contributed by atoms with van der Waals surface area (Å²) in [5.74, 6) is 1.09. The lowest BCUT2D eigenvalue weighted by Crippen LogP contribution is -2.10. The third kappa shape index (κ3) is 0.572. The summed E-state index contributed by atoms with van der Waals surface area (Å²) in [5.41, 5.74) is 0. The van der Waals surface area contributed by atoms with Gasteiger partial charge < -0.3 is 4.90 Å². The summed E-state index contributed by atoms with van der Waals surface area (Å²) in [6.07, 6.45) is 3.37. The maximum Gasteiger partial charge on any atom is 0.130 e. The number of hydrogen-bond acceptors (Lipinski definition) is 2. The van der Waals surface area contributed by atoms with Crippen molar-refractivity contribution < 1.29 is 0 Å². The second kappa shape index (κ2) is 1.87. The molecule has 0 saturated heterocycles. The van der Waals surface area contributed by atoms with E-state index in [4.69, 9.17) is 6.58 Å². The first-order chi connectivity index (χ1) is 4.92. The Morgan fingerprint density at radius 3 is 3.30 bits per heavy atom. The zero-order chi connectivity index (χ0) is 6.97. The van der Waals surface area contributed by atoms with Crippen LogP contribution in [-0.2, 0) is 6.54 Å². The summed E-state index contributed by atoms with van der Waals surface area (Å²) in [6.45, 7) is 7.25. The quantitative estimate of drug-likeness (QED) is 0.562. The molecule has 51 valence electrons. The summed E-state index contributed by atoms with van der Waals surface area (Å²) in [4.78, 5) is 1.98. The van der Waals surface area contributed by atoms with Crippen LogP contribution < -0.4 is 4.90 Å². The molecule has 0 fully saturated rings. The fourth-order valence-electron chi connectivity index (χ4n) is 1.21. The van der Waals surface area contributed by atoms with Gasteiger partial charge in [-0.05, 0) is 6.58 Å². The normalized spacial score (nSPS) is 15.4. The molecule has 0 aliphatic carbocycles. The van der Waals surface area contributed by atoms with Crippen LogP contribution in [0.1, 0.15) is 0 Å². The Hall–Kier alpha value is -1.25. The van der Waals surface area contributed by atoms with Gasteiger partial charge in [-0.25, -0.2) is 4.68 Å². The summed E-state index contributed by atoms with van der Waals surface area (Å²) < 4.78 is 1.93. The highest BCUT2D eigenvalue weighted by Crippen LogP contribution is 2.18. The Labute approximate surface area is 59.6 Å². The van der Waals surface area contributed by atoms with E-state index in [1.807, 2.05) is 15.6 Å². The minimum atomic E-state index is 0.941. The summed E-state index contributed by atoms with van der Waals surface area (Å²) >= 11 is 0. The van der Waals surface area contributed by atoms with E-state index < -0.39 is 0 Å². The predicted molar refractivity (Wildman–Crippen MR) is 38.4 cm³/mol. The van der Waals surface area contributed by atoms with Gasteiger partial charge in [-0.3, -0.25) is 0 Å². The van der Waals surface area contributed by atoms with E-state index >= 15 is 0 Å². The molecule has 0 N–H and O–H groups in total. The molecule has 1 aromatic heterocycles. The summed E-state index contributed by atoms with van der Waals surface area (Å²) in [5, 5.41) is 4.09. The van der Waals surface area contributed by atoms with Crippen molar-refractivity contribution in [2.45, 2.75) is 6.54 Å². The molecule has 2 rings (SSSR count). The lowest BCUT2D eigenvalue weighted by atomic mass is 10.5. The average Bonchev–Trinajstić information content (AvgIpc) is 2.44. The second-order valence-corrected chi connectivity index (χ2v) is 2.26. The molecule has 0 amide bonds. The minimum absolute atomic E-state index is 0.941. The maximum atomic E-state index is 5.37. The van der Waals surface area contributed by atoms with Gasteiger partial charge in [0.25, 0.3) is 0 Å². The van der Waals surface area contributed by atoms with Crippen LogP contribution in [0.15, 0.2) is 18.5 Å². The first-order valence-corrected chi connectivity index (χ1v) is 3.25. The fourth-order valence-corrected chi connectivity index (χ4v) is 1.21. The van der Waals surface area contributed by atoms with Gasteiger partial charge in [0, 0.05) is 18.8 Å². The average molecular weight is 134 g/mol. The van der Waals surface area contributed by atoms with Crippen LogP contribution >= 0.6 is 0 Å². The molecule has 1 aliphatic heterocycles. The molecule has 0 unspecified atom stereocenters. The first-order valence-electron chi connectivity index (χ1n) is 3.25. The van der Waals surface area contributed by atoms with Crippen molar-refractivity contribution in [3.63, 3.8) is 0 Å². The number of aromatic nitrogens is 2. The number of hydrogen-bond donors (Lipinski definition) is 0. The highest BCUT2D eigenvalue weighted by atomic mass is 15.4. The van der Waals surface area contributed by atoms with Crippen molar-refractivity contribution in [2.75, 3.05) is 11.4 Å². The van der Waals surface area contributed by atoms with E-state index in [9.17, 15) is 0 Å². The van der Waals surface area contributed by atoms with Crippen LogP contribution in [0.3, 0.4) is 0 Å². The van der Waals surface area contributed by atoms with Crippen molar-refractivity contribution in [2.24, 2.45) is 0 Å². The van der Waals surface area contributed by atoms with E-state index in [1.165, 1.54) is 0 Å². The van der Waals surface area contributed by atoms with Crippen molar-refractivity contribution in [1.29, 1.82) is 0 Å². The van der Waals surface area contributed by atoms with Crippen LogP contribution in [0, 0.1) is 6.58 Å². The molecule has 2 heterocycles.